The van der Waals surface area contributed by atoms with Crippen molar-refractivity contribution < 1.29 is 52.3 Å². The van der Waals surface area contributed by atoms with Crippen molar-refractivity contribution in [1.82, 2.24) is 0 Å². The van der Waals surface area contributed by atoms with Crippen molar-refractivity contribution >= 4 is 15.7 Å². The number of rotatable bonds is 3. The number of anilines is 1. The van der Waals surface area contributed by atoms with Gasteiger partial charge in [-0.3, -0.25) is 4.72 Å². The van der Waals surface area contributed by atoms with E-state index in [1.807, 2.05) is 0 Å². The fraction of sp³-hybridized carbons (Fsp3) is 0. The highest BCUT2D eigenvalue weighted by Crippen LogP contribution is 2.32. The van der Waals surface area contributed by atoms with Crippen molar-refractivity contribution in [2.75, 3.05) is 4.72 Å². The van der Waals surface area contributed by atoms with Crippen LogP contribution in [0.25, 0.3) is 0 Å². The van der Waals surface area contributed by atoms with Gasteiger partial charge in [0.1, 0.15) is 5.69 Å². The SMILES string of the molecule is O=S(=O)(Nc1c(F)c(F)c(F)c(F)c1F)c1c(F)c(F)c(F)c(F)c1F. The normalized spacial score (nSPS) is 11.8. The summed E-state index contributed by atoms with van der Waals surface area (Å²) in [6, 6.07) is 0. The van der Waals surface area contributed by atoms with Crippen LogP contribution in [-0.4, -0.2) is 8.42 Å². The summed E-state index contributed by atoms with van der Waals surface area (Å²) in [5, 5.41) is 0. The summed E-state index contributed by atoms with van der Waals surface area (Å²) in [7, 11) is -6.01. The average Bonchev–Trinajstić information content (AvgIpc) is 2.58. The van der Waals surface area contributed by atoms with Crippen LogP contribution in [0.15, 0.2) is 4.90 Å². The first-order chi connectivity index (χ1) is 11.8. The molecule has 0 saturated carbocycles. The lowest BCUT2D eigenvalue weighted by molar-refractivity contribution is 0.358. The van der Waals surface area contributed by atoms with E-state index in [9.17, 15) is 52.3 Å². The summed E-state index contributed by atoms with van der Waals surface area (Å²) in [5.41, 5.74) is -2.29. The Labute approximate surface area is 136 Å². The van der Waals surface area contributed by atoms with E-state index in [1.54, 1.807) is 0 Å². The predicted molar refractivity (Wildman–Crippen MR) is 63.3 cm³/mol. The Hall–Kier alpha value is -2.51. The average molecular weight is 413 g/mol. The molecule has 0 aliphatic carbocycles. The van der Waals surface area contributed by atoms with Crippen molar-refractivity contribution in [3.63, 3.8) is 0 Å². The van der Waals surface area contributed by atoms with Gasteiger partial charge >= 0.3 is 0 Å². The highest BCUT2D eigenvalue weighted by atomic mass is 32.2. The van der Waals surface area contributed by atoms with E-state index in [4.69, 9.17) is 0 Å². The van der Waals surface area contributed by atoms with Crippen LogP contribution < -0.4 is 4.72 Å². The Morgan fingerprint density at radius 3 is 1.08 bits per heavy atom. The summed E-state index contributed by atoms with van der Waals surface area (Å²) in [4.78, 5) is -2.59. The van der Waals surface area contributed by atoms with E-state index in [0.29, 0.717) is 4.72 Å². The van der Waals surface area contributed by atoms with Gasteiger partial charge in [0.05, 0.1) is 0 Å². The molecule has 0 spiro atoms. The zero-order valence-corrected chi connectivity index (χ0v) is 12.3. The third-order valence-electron chi connectivity index (χ3n) is 2.88. The van der Waals surface area contributed by atoms with Crippen molar-refractivity contribution in [2.24, 2.45) is 0 Å². The van der Waals surface area contributed by atoms with E-state index in [1.165, 1.54) is 0 Å². The number of hydrogen-bond donors (Lipinski definition) is 1. The minimum atomic E-state index is -6.01. The fourth-order valence-electron chi connectivity index (χ4n) is 1.70. The second-order valence-corrected chi connectivity index (χ2v) is 6.07. The lowest BCUT2D eigenvalue weighted by atomic mass is 10.2. The van der Waals surface area contributed by atoms with E-state index in [-0.39, 0.29) is 0 Å². The molecule has 0 saturated heterocycles. The molecule has 26 heavy (non-hydrogen) atoms. The quantitative estimate of drug-likeness (QED) is 0.472. The first-order valence-corrected chi connectivity index (χ1v) is 7.36. The minimum Gasteiger partial charge on any atom is -0.273 e. The summed E-state index contributed by atoms with van der Waals surface area (Å²) < 4.78 is 156. The first-order valence-electron chi connectivity index (χ1n) is 5.88. The maximum absolute atomic E-state index is 13.5. The molecular weight excluding hydrogens is 412 g/mol. The maximum atomic E-state index is 13.5. The van der Waals surface area contributed by atoms with Gasteiger partial charge in [0.25, 0.3) is 10.0 Å². The van der Waals surface area contributed by atoms with E-state index in [0.717, 1.165) is 0 Å². The van der Waals surface area contributed by atoms with E-state index in [2.05, 4.69) is 0 Å². The molecule has 2 aromatic rings. The Kier molecular flexibility index (Phi) is 4.83. The van der Waals surface area contributed by atoms with Gasteiger partial charge in [0, 0.05) is 0 Å². The van der Waals surface area contributed by atoms with Gasteiger partial charge in [-0.25, -0.2) is 52.3 Å². The van der Waals surface area contributed by atoms with Gasteiger partial charge in [-0.2, -0.15) is 0 Å². The summed E-state index contributed by atoms with van der Waals surface area (Å²) in [6.07, 6.45) is 0. The van der Waals surface area contributed by atoms with Crippen molar-refractivity contribution in [2.45, 2.75) is 4.90 Å². The second kappa shape index (κ2) is 6.34. The molecule has 0 bridgehead atoms. The van der Waals surface area contributed by atoms with E-state index >= 15 is 0 Å². The van der Waals surface area contributed by atoms with Crippen LogP contribution in [0.4, 0.5) is 49.6 Å². The highest BCUT2D eigenvalue weighted by molar-refractivity contribution is 7.92. The van der Waals surface area contributed by atoms with Crippen molar-refractivity contribution in [3.05, 3.63) is 58.2 Å². The number of benzene rings is 2. The molecule has 3 nitrogen and oxygen atoms in total. The largest absolute Gasteiger partial charge is 0.273 e. The molecule has 0 radical (unpaired) electrons. The smallest absolute Gasteiger partial charge is 0.268 e. The molecule has 0 fully saturated rings. The van der Waals surface area contributed by atoms with Crippen LogP contribution in [0.5, 0.6) is 0 Å². The molecule has 0 aliphatic rings. The zero-order chi connectivity index (χ0) is 20.1. The van der Waals surface area contributed by atoms with Crippen LogP contribution in [0, 0.1) is 58.2 Å². The molecule has 142 valence electrons. The van der Waals surface area contributed by atoms with Gasteiger partial charge in [-0.15, -0.1) is 0 Å². The van der Waals surface area contributed by atoms with Gasteiger partial charge in [-0.1, -0.05) is 0 Å². The number of halogens is 10. The maximum Gasteiger partial charge on any atom is 0.268 e. The second-order valence-electron chi connectivity index (χ2n) is 4.45. The molecule has 0 aromatic heterocycles. The molecule has 1 N–H and O–H groups in total. The van der Waals surface area contributed by atoms with Crippen LogP contribution in [-0.2, 0) is 10.0 Å². The molecule has 2 aromatic carbocycles. The molecule has 0 aliphatic heterocycles. The molecule has 0 heterocycles. The highest BCUT2D eigenvalue weighted by Gasteiger charge is 2.36. The van der Waals surface area contributed by atoms with Gasteiger partial charge in [0.15, 0.2) is 51.4 Å². The molecule has 0 atom stereocenters. The standard InChI is InChI=1S/C12HF10NO2S/c13-1-3(15)7(19)11(8(20)4(1)16)23-26(24,25)12-9(21)5(17)2(14)6(18)10(12)22/h23H. The monoisotopic (exact) mass is 413 g/mol. The lowest BCUT2D eigenvalue weighted by Gasteiger charge is -2.13. The number of sulfonamides is 1. The van der Waals surface area contributed by atoms with Gasteiger partial charge in [0.2, 0.25) is 11.6 Å². The zero-order valence-electron chi connectivity index (χ0n) is 11.5. The topological polar surface area (TPSA) is 46.2 Å². The van der Waals surface area contributed by atoms with Crippen molar-refractivity contribution in [1.29, 1.82) is 0 Å². The Morgan fingerprint density at radius 2 is 0.731 bits per heavy atom. The minimum absolute atomic E-state index is 0.575. The third kappa shape index (κ3) is 2.83. The molecule has 0 amide bonds. The molecule has 2 rings (SSSR count). The van der Waals surface area contributed by atoms with Crippen LogP contribution in [0.2, 0.25) is 0 Å². The summed E-state index contributed by atoms with van der Waals surface area (Å²) in [6.45, 7) is 0. The van der Waals surface area contributed by atoms with Crippen LogP contribution >= 0.6 is 0 Å². The van der Waals surface area contributed by atoms with Gasteiger partial charge < -0.3 is 0 Å². The van der Waals surface area contributed by atoms with Crippen molar-refractivity contribution in [3.8, 4) is 0 Å². The molecule has 0 unspecified atom stereocenters. The number of nitrogens with one attached hydrogen (secondary N) is 1. The predicted octanol–water partition coefficient (Wildman–Crippen LogP) is 3.88. The van der Waals surface area contributed by atoms with Gasteiger partial charge in [-0.05, 0) is 0 Å². The van der Waals surface area contributed by atoms with Crippen LogP contribution in [0.3, 0.4) is 0 Å². The third-order valence-corrected chi connectivity index (χ3v) is 4.25. The lowest BCUT2D eigenvalue weighted by Crippen LogP contribution is -2.22. The first kappa shape index (κ1) is 19.8. The van der Waals surface area contributed by atoms with E-state index < -0.39 is 78.8 Å². The fourth-order valence-corrected chi connectivity index (χ4v) is 2.90. The Bertz CT molecular complexity index is 979. The summed E-state index contributed by atoms with van der Waals surface area (Å²) >= 11 is 0. The molecular formula is C12HF10NO2S. The Morgan fingerprint density at radius 1 is 0.462 bits per heavy atom. The Balaban J connectivity index is 2.74. The number of hydrogen-bond acceptors (Lipinski definition) is 2. The summed E-state index contributed by atoms with van der Waals surface area (Å²) in [5.74, 6) is -27.5. The molecule has 14 heteroatoms. The van der Waals surface area contributed by atoms with Crippen LogP contribution in [0.1, 0.15) is 0 Å².